The van der Waals surface area contributed by atoms with Crippen molar-refractivity contribution >= 4 is 38.6 Å². The topological polar surface area (TPSA) is 98.5 Å². The van der Waals surface area contributed by atoms with E-state index in [1.807, 2.05) is 20.8 Å². The van der Waals surface area contributed by atoms with Crippen molar-refractivity contribution in [3.8, 4) is 11.8 Å². The summed E-state index contributed by atoms with van der Waals surface area (Å²) in [4.78, 5) is 5.63. The molecule has 136 valence electrons. The van der Waals surface area contributed by atoms with Gasteiger partial charge in [0.25, 0.3) is 0 Å². The quantitative estimate of drug-likeness (QED) is 0.709. The molecule has 2 heterocycles. The first-order valence-corrected chi connectivity index (χ1v) is 10.9. The van der Waals surface area contributed by atoms with E-state index in [9.17, 15) is 8.42 Å². The zero-order chi connectivity index (χ0) is 18.7. The van der Waals surface area contributed by atoms with Crippen molar-refractivity contribution < 1.29 is 8.42 Å². The third kappa shape index (κ3) is 3.10. The van der Waals surface area contributed by atoms with Gasteiger partial charge in [-0.2, -0.15) is 0 Å². The first-order chi connectivity index (χ1) is 11.4. The molecule has 4 N–H and O–H groups in total. The molecule has 25 heavy (non-hydrogen) atoms. The van der Waals surface area contributed by atoms with E-state index in [4.69, 9.17) is 23.1 Å². The molecule has 3 rings (SSSR count). The molecule has 0 amide bonds. The Morgan fingerprint density at radius 3 is 2.48 bits per heavy atom. The van der Waals surface area contributed by atoms with E-state index < -0.39 is 20.2 Å². The summed E-state index contributed by atoms with van der Waals surface area (Å²) < 4.78 is 24.7. The minimum absolute atomic E-state index is 0.110. The largest absolute Gasteiger partial charge is 0.386 e. The summed E-state index contributed by atoms with van der Waals surface area (Å²) in [7, 11) is -3.50. The first-order valence-electron chi connectivity index (χ1n) is 8.09. The Morgan fingerprint density at radius 2 is 2.00 bits per heavy atom. The summed E-state index contributed by atoms with van der Waals surface area (Å²) in [5.41, 5.74) is 10.8. The first kappa shape index (κ1) is 18.7. The minimum Gasteiger partial charge on any atom is -0.386 e. The zero-order valence-corrected chi connectivity index (χ0v) is 16.9. The molecule has 0 bridgehead atoms. The maximum atomic E-state index is 12.9. The minimum atomic E-state index is -3.50. The van der Waals surface area contributed by atoms with E-state index >= 15 is 0 Å². The highest BCUT2D eigenvalue weighted by Crippen LogP contribution is 2.47. The predicted octanol–water partition coefficient (Wildman–Crippen LogP) is 2.62. The maximum Gasteiger partial charge on any atom is 0.167 e. The second-order valence-electron chi connectivity index (χ2n) is 7.82. The SMILES string of the molecule is CC(C)(C)C#Cc1cc(Cl)c([C@]2(N)CS(=O)(=O)C3(CCC3)C(N)=N2)s1. The van der Waals surface area contributed by atoms with Gasteiger partial charge in [0.2, 0.25) is 0 Å². The van der Waals surface area contributed by atoms with Gasteiger partial charge >= 0.3 is 0 Å². The standard InChI is InChI=1S/C17H22ClN3O2S2/c1-15(2,3)8-5-11-9-12(18)13(24-11)17(20)10-25(22,23)16(6-4-7-16)14(19)21-17/h9H,4,6-7,10,20H2,1-3H3,(H2,19,21)/t17-/m0/s1. The number of sulfone groups is 1. The summed E-state index contributed by atoms with van der Waals surface area (Å²) in [6, 6.07) is 1.71. The normalized spacial score (nSPS) is 27.2. The van der Waals surface area contributed by atoms with E-state index in [1.165, 1.54) is 11.3 Å². The third-order valence-electron chi connectivity index (χ3n) is 4.59. The second-order valence-corrected chi connectivity index (χ2v) is 11.6. The smallest absolute Gasteiger partial charge is 0.167 e. The van der Waals surface area contributed by atoms with Gasteiger partial charge in [-0.05, 0) is 46.1 Å². The second kappa shape index (κ2) is 5.71. The fraction of sp³-hybridized carbons (Fsp3) is 0.588. The maximum absolute atomic E-state index is 12.9. The number of amidine groups is 1. The van der Waals surface area contributed by atoms with Crippen LogP contribution in [0.15, 0.2) is 11.1 Å². The number of thiophene rings is 1. The van der Waals surface area contributed by atoms with E-state index in [0.717, 1.165) is 11.3 Å². The molecule has 5 nitrogen and oxygen atoms in total. The number of rotatable bonds is 1. The summed E-state index contributed by atoms with van der Waals surface area (Å²) in [5, 5.41) is 0.377. The lowest BCUT2D eigenvalue weighted by atomic mass is 9.83. The Kier molecular flexibility index (Phi) is 4.28. The van der Waals surface area contributed by atoms with Crippen molar-refractivity contribution in [1.82, 2.24) is 0 Å². The van der Waals surface area contributed by atoms with E-state index in [1.54, 1.807) is 6.07 Å². The number of hydrogen-bond acceptors (Lipinski definition) is 6. The highest BCUT2D eigenvalue weighted by molar-refractivity contribution is 7.93. The van der Waals surface area contributed by atoms with Crippen LogP contribution in [0.3, 0.4) is 0 Å². The molecule has 1 atom stereocenters. The van der Waals surface area contributed by atoms with Gasteiger partial charge in [0.1, 0.15) is 10.6 Å². The molecule has 1 fully saturated rings. The van der Waals surface area contributed by atoms with Gasteiger partial charge in [0, 0.05) is 5.41 Å². The number of nitrogens with two attached hydrogens (primary N) is 2. The van der Waals surface area contributed by atoms with Crippen molar-refractivity contribution in [1.29, 1.82) is 0 Å². The molecule has 2 aliphatic rings. The molecule has 1 aromatic rings. The van der Waals surface area contributed by atoms with Crippen molar-refractivity contribution in [2.24, 2.45) is 21.9 Å². The van der Waals surface area contributed by atoms with Crippen LogP contribution >= 0.6 is 22.9 Å². The fourth-order valence-electron chi connectivity index (χ4n) is 3.09. The highest BCUT2D eigenvalue weighted by atomic mass is 35.5. The third-order valence-corrected chi connectivity index (χ3v) is 8.85. The van der Waals surface area contributed by atoms with Gasteiger partial charge in [-0.3, -0.25) is 0 Å². The number of aliphatic imine (C=N–C) groups is 1. The van der Waals surface area contributed by atoms with Crippen LogP contribution in [-0.4, -0.2) is 24.8 Å². The lowest BCUT2D eigenvalue weighted by Crippen LogP contribution is -2.63. The Hall–Kier alpha value is -1.07. The summed E-state index contributed by atoms with van der Waals surface area (Å²) >= 11 is 7.61. The molecule has 0 unspecified atom stereocenters. The molecule has 1 saturated carbocycles. The Labute approximate surface area is 157 Å². The van der Waals surface area contributed by atoms with E-state index in [-0.39, 0.29) is 17.0 Å². The molecule has 1 aromatic heterocycles. The fourth-order valence-corrected chi connectivity index (χ4v) is 6.93. The van der Waals surface area contributed by atoms with Crippen LogP contribution in [-0.2, 0) is 15.5 Å². The van der Waals surface area contributed by atoms with E-state index in [2.05, 4.69) is 16.8 Å². The summed E-state index contributed by atoms with van der Waals surface area (Å²) in [6.07, 6.45) is 1.86. The van der Waals surface area contributed by atoms with Crippen molar-refractivity contribution in [3.05, 3.63) is 20.8 Å². The number of halogens is 1. The number of nitrogens with zero attached hydrogens (tertiary/aromatic N) is 1. The van der Waals surface area contributed by atoms with Gasteiger partial charge < -0.3 is 11.5 Å². The van der Waals surface area contributed by atoms with Crippen LogP contribution in [0, 0.1) is 17.3 Å². The van der Waals surface area contributed by atoms with Crippen LogP contribution in [0.25, 0.3) is 0 Å². The average molecular weight is 400 g/mol. The zero-order valence-electron chi connectivity index (χ0n) is 14.5. The van der Waals surface area contributed by atoms with Crippen LogP contribution in [0.4, 0.5) is 0 Å². The van der Waals surface area contributed by atoms with Gasteiger partial charge in [0.15, 0.2) is 15.5 Å². The van der Waals surface area contributed by atoms with Crippen LogP contribution < -0.4 is 11.5 Å². The van der Waals surface area contributed by atoms with Gasteiger partial charge in [-0.1, -0.05) is 23.4 Å². The Bertz CT molecular complexity index is 912. The van der Waals surface area contributed by atoms with Crippen molar-refractivity contribution in [2.75, 3.05) is 5.75 Å². The summed E-state index contributed by atoms with van der Waals surface area (Å²) in [5.74, 6) is 6.03. The van der Waals surface area contributed by atoms with Gasteiger partial charge in [-0.15, -0.1) is 11.3 Å². The lowest BCUT2D eigenvalue weighted by Gasteiger charge is -2.46. The van der Waals surface area contributed by atoms with Crippen LogP contribution in [0.2, 0.25) is 5.02 Å². The van der Waals surface area contributed by atoms with Gasteiger partial charge in [0.05, 0.1) is 20.5 Å². The molecule has 0 radical (unpaired) electrons. The Balaban J connectivity index is 2.05. The molecule has 0 saturated heterocycles. The lowest BCUT2D eigenvalue weighted by molar-refractivity contribution is 0.389. The Morgan fingerprint density at radius 1 is 1.36 bits per heavy atom. The molecule has 8 heteroatoms. The van der Waals surface area contributed by atoms with Crippen molar-refractivity contribution in [2.45, 2.75) is 50.4 Å². The molecular weight excluding hydrogens is 378 g/mol. The molecule has 1 aliphatic heterocycles. The van der Waals surface area contributed by atoms with Crippen LogP contribution in [0.1, 0.15) is 49.8 Å². The van der Waals surface area contributed by atoms with Gasteiger partial charge in [-0.25, -0.2) is 13.4 Å². The predicted molar refractivity (Wildman–Crippen MR) is 104 cm³/mol. The molecular formula is C17H22ClN3O2S2. The molecule has 1 aliphatic carbocycles. The monoisotopic (exact) mass is 399 g/mol. The number of hydrogen-bond donors (Lipinski definition) is 2. The van der Waals surface area contributed by atoms with Crippen molar-refractivity contribution in [3.63, 3.8) is 0 Å². The molecule has 1 spiro atoms. The average Bonchev–Trinajstić information content (AvgIpc) is 2.73. The highest BCUT2D eigenvalue weighted by Gasteiger charge is 2.58. The van der Waals surface area contributed by atoms with Crippen LogP contribution in [0.5, 0.6) is 0 Å². The summed E-state index contributed by atoms with van der Waals surface area (Å²) in [6.45, 7) is 6.03. The molecule has 0 aromatic carbocycles. The van der Waals surface area contributed by atoms with E-state index in [0.29, 0.717) is 22.7 Å².